The lowest BCUT2D eigenvalue weighted by atomic mass is 10.2. The first-order valence-electron chi connectivity index (χ1n) is 7.37. The predicted octanol–water partition coefficient (Wildman–Crippen LogP) is 3.46. The van der Waals surface area contributed by atoms with Crippen molar-refractivity contribution < 1.29 is 14.3 Å². The van der Waals surface area contributed by atoms with Crippen LogP contribution in [0.4, 0.5) is 10.5 Å². The summed E-state index contributed by atoms with van der Waals surface area (Å²) >= 11 is 6.06. The summed E-state index contributed by atoms with van der Waals surface area (Å²) in [6.45, 7) is 0.572. The number of urea groups is 1. The summed E-state index contributed by atoms with van der Waals surface area (Å²) in [7, 11) is 4.76. The van der Waals surface area contributed by atoms with E-state index >= 15 is 0 Å². The Kier molecular flexibility index (Phi) is 6.26. The van der Waals surface area contributed by atoms with E-state index in [4.69, 9.17) is 21.1 Å². The van der Waals surface area contributed by atoms with Gasteiger partial charge in [0.15, 0.2) is 0 Å². The average molecular weight is 350 g/mol. The first kappa shape index (κ1) is 17.9. The number of carbonyl (C=O) groups is 1. The summed E-state index contributed by atoms with van der Waals surface area (Å²) in [4.78, 5) is 17.9. The summed E-state index contributed by atoms with van der Waals surface area (Å²) in [5.74, 6) is 0.934. The Morgan fingerprint density at radius 2 is 1.88 bits per heavy atom. The number of methoxy groups -OCH3 is 2. The molecule has 1 heterocycles. The van der Waals surface area contributed by atoms with Crippen LogP contribution in [0.1, 0.15) is 5.56 Å². The number of nitrogens with one attached hydrogen (secondary N) is 1. The molecular weight excluding hydrogens is 330 g/mol. The largest absolute Gasteiger partial charge is 0.495 e. The summed E-state index contributed by atoms with van der Waals surface area (Å²) in [5.41, 5.74) is 1.62. The Labute approximate surface area is 146 Å². The number of benzene rings is 1. The van der Waals surface area contributed by atoms with Crippen LogP contribution in [0.25, 0.3) is 0 Å². The average Bonchev–Trinajstić information content (AvgIpc) is 2.61. The maximum atomic E-state index is 12.4. The molecule has 0 saturated heterocycles. The topological polar surface area (TPSA) is 63.7 Å². The number of rotatable bonds is 6. The van der Waals surface area contributed by atoms with Crippen molar-refractivity contribution in [2.75, 3.05) is 33.1 Å². The third-order valence-electron chi connectivity index (χ3n) is 3.55. The molecule has 0 aliphatic rings. The molecule has 24 heavy (non-hydrogen) atoms. The second kappa shape index (κ2) is 8.40. The number of likely N-dealkylation sites (N-methyl/N-ethyl adjacent to an activating group) is 1. The Hall–Kier alpha value is -2.47. The van der Waals surface area contributed by atoms with E-state index in [-0.39, 0.29) is 6.03 Å². The van der Waals surface area contributed by atoms with Gasteiger partial charge in [-0.2, -0.15) is 0 Å². The third kappa shape index (κ3) is 4.52. The van der Waals surface area contributed by atoms with Gasteiger partial charge in [-0.15, -0.1) is 0 Å². The van der Waals surface area contributed by atoms with Crippen molar-refractivity contribution in [3.63, 3.8) is 0 Å². The Morgan fingerprint density at radius 1 is 1.21 bits per heavy atom. The summed E-state index contributed by atoms with van der Waals surface area (Å²) < 4.78 is 10.4. The highest BCUT2D eigenvalue weighted by Crippen LogP contribution is 2.35. The molecule has 6 nitrogen and oxygen atoms in total. The van der Waals surface area contributed by atoms with E-state index in [0.717, 1.165) is 12.0 Å². The predicted molar refractivity (Wildman–Crippen MR) is 94.1 cm³/mol. The SMILES string of the molecule is COc1cc(NC(=O)N(C)CCc2ccncc2)c(OC)cc1Cl. The molecule has 0 atom stereocenters. The number of hydrogen-bond donors (Lipinski definition) is 1. The summed E-state index contributed by atoms with van der Waals surface area (Å²) in [5, 5.41) is 3.23. The fraction of sp³-hybridized carbons (Fsp3) is 0.294. The van der Waals surface area contributed by atoms with Gasteiger partial charge in [0.2, 0.25) is 0 Å². The maximum Gasteiger partial charge on any atom is 0.321 e. The molecule has 7 heteroatoms. The van der Waals surface area contributed by atoms with Crippen LogP contribution in [-0.2, 0) is 6.42 Å². The molecular formula is C17H20ClN3O3. The van der Waals surface area contributed by atoms with Crippen LogP contribution in [0.5, 0.6) is 11.5 Å². The molecule has 0 radical (unpaired) electrons. The highest BCUT2D eigenvalue weighted by Gasteiger charge is 2.15. The quantitative estimate of drug-likeness (QED) is 0.867. The van der Waals surface area contributed by atoms with Crippen LogP contribution < -0.4 is 14.8 Å². The first-order chi connectivity index (χ1) is 11.5. The number of carbonyl (C=O) groups excluding carboxylic acids is 1. The zero-order valence-electron chi connectivity index (χ0n) is 13.9. The number of pyridine rings is 1. The second-order valence-corrected chi connectivity index (χ2v) is 5.55. The maximum absolute atomic E-state index is 12.4. The van der Waals surface area contributed by atoms with Crippen LogP contribution in [0, 0.1) is 0 Å². The number of amides is 2. The van der Waals surface area contributed by atoms with Crippen LogP contribution in [0.15, 0.2) is 36.7 Å². The highest BCUT2D eigenvalue weighted by atomic mass is 35.5. The van der Waals surface area contributed by atoms with Gasteiger partial charge in [0.25, 0.3) is 0 Å². The molecule has 0 spiro atoms. The summed E-state index contributed by atoms with van der Waals surface area (Å²) in [6, 6.07) is 6.85. The van der Waals surface area contributed by atoms with Crippen molar-refractivity contribution in [1.29, 1.82) is 0 Å². The number of aromatic nitrogens is 1. The van der Waals surface area contributed by atoms with Crippen molar-refractivity contribution in [1.82, 2.24) is 9.88 Å². The van der Waals surface area contributed by atoms with Crippen LogP contribution in [0.2, 0.25) is 5.02 Å². The molecule has 1 N–H and O–H groups in total. The van der Waals surface area contributed by atoms with Crippen LogP contribution in [0.3, 0.4) is 0 Å². The van der Waals surface area contributed by atoms with E-state index in [0.29, 0.717) is 28.8 Å². The van der Waals surface area contributed by atoms with Gasteiger partial charge in [0.1, 0.15) is 11.5 Å². The van der Waals surface area contributed by atoms with Crippen LogP contribution in [-0.4, -0.2) is 43.7 Å². The zero-order chi connectivity index (χ0) is 17.5. The number of hydrogen-bond acceptors (Lipinski definition) is 4. The van der Waals surface area contributed by atoms with E-state index in [1.807, 2.05) is 12.1 Å². The minimum atomic E-state index is -0.244. The smallest absolute Gasteiger partial charge is 0.321 e. The molecule has 0 unspecified atom stereocenters. The van der Waals surface area contributed by atoms with Crippen molar-refractivity contribution in [2.45, 2.75) is 6.42 Å². The van der Waals surface area contributed by atoms with Crippen molar-refractivity contribution in [3.8, 4) is 11.5 Å². The standard InChI is InChI=1S/C17H20ClN3O3/c1-21(9-6-12-4-7-19-8-5-12)17(22)20-14-11-15(23-2)13(18)10-16(14)24-3/h4-5,7-8,10-11H,6,9H2,1-3H3,(H,20,22). The Morgan fingerprint density at radius 3 is 2.50 bits per heavy atom. The van der Waals surface area contributed by atoms with E-state index in [1.165, 1.54) is 14.2 Å². The molecule has 0 aliphatic carbocycles. The van der Waals surface area contributed by atoms with E-state index in [1.54, 1.807) is 36.5 Å². The van der Waals surface area contributed by atoms with Crippen LogP contribution >= 0.6 is 11.6 Å². The van der Waals surface area contributed by atoms with Gasteiger partial charge in [-0.1, -0.05) is 11.6 Å². The molecule has 0 bridgehead atoms. The van der Waals surface area contributed by atoms with Crippen molar-refractivity contribution >= 4 is 23.3 Å². The molecule has 1 aromatic carbocycles. The number of anilines is 1. The molecule has 128 valence electrons. The molecule has 1 aromatic heterocycles. The lowest BCUT2D eigenvalue weighted by molar-refractivity contribution is 0.223. The van der Waals surface area contributed by atoms with Gasteiger partial charge < -0.3 is 19.7 Å². The lowest BCUT2D eigenvalue weighted by Gasteiger charge is -2.19. The van der Waals surface area contributed by atoms with Gasteiger partial charge in [-0.3, -0.25) is 4.98 Å². The first-order valence-corrected chi connectivity index (χ1v) is 7.75. The van der Waals surface area contributed by atoms with Gasteiger partial charge in [0.05, 0.1) is 24.9 Å². The second-order valence-electron chi connectivity index (χ2n) is 5.14. The molecule has 0 saturated carbocycles. The lowest BCUT2D eigenvalue weighted by Crippen LogP contribution is -2.33. The number of nitrogens with zero attached hydrogens (tertiary/aromatic N) is 2. The molecule has 2 amide bonds. The van der Waals surface area contributed by atoms with Crippen molar-refractivity contribution in [2.24, 2.45) is 0 Å². The third-order valence-corrected chi connectivity index (χ3v) is 3.84. The molecule has 2 aromatic rings. The van der Waals surface area contributed by atoms with Gasteiger partial charge in [-0.05, 0) is 24.1 Å². The molecule has 2 rings (SSSR count). The monoisotopic (exact) mass is 349 g/mol. The fourth-order valence-corrected chi connectivity index (χ4v) is 2.35. The number of halogens is 1. The van der Waals surface area contributed by atoms with E-state index in [9.17, 15) is 4.79 Å². The van der Waals surface area contributed by atoms with Gasteiger partial charge in [0, 0.05) is 38.1 Å². The normalized spacial score (nSPS) is 10.2. The van der Waals surface area contributed by atoms with Crippen molar-refractivity contribution in [3.05, 3.63) is 47.2 Å². The minimum Gasteiger partial charge on any atom is -0.495 e. The van der Waals surface area contributed by atoms with Gasteiger partial charge in [-0.25, -0.2) is 4.79 Å². The Balaban J connectivity index is 2.03. The summed E-state index contributed by atoms with van der Waals surface area (Å²) in [6.07, 6.45) is 4.22. The fourth-order valence-electron chi connectivity index (χ4n) is 2.12. The highest BCUT2D eigenvalue weighted by molar-refractivity contribution is 6.32. The Bertz CT molecular complexity index is 695. The number of ether oxygens (including phenoxy) is 2. The molecule has 0 aliphatic heterocycles. The zero-order valence-corrected chi connectivity index (χ0v) is 14.6. The van der Waals surface area contributed by atoms with Gasteiger partial charge >= 0.3 is 6.03 Å². The van der Waals surface area contributed by atoms with E-state index < -0.39 is 0 Å². The molecule has 0 fully saturated rings. The van der Waals surface area contributed by atoms with E-state index in [2.05, 4.69) is 10.3 Å². The minimum absolute atomic E-state index is 0.244.